The molecule has 0 aliphatic heterocycles. The number of nitro groups is 1. The van der Waals surface area contributed by atoms with Crippen LogP contribution in [0.2, 0.25) is 0 Å². The molecule has 0 saturated carbocycles. The lowest BCUT2D eigenvalue weighted by Crippen LogP contribution is -2.18. The SMILES string of the molecule is C#CCCCOc1cc(CNCCOC)ccc1[N+](=O)[O-]. The number of hydrogen-bond donors (Lipinski definition) is 1. The number of unbranched alkanes of at least 4 members (excludes halogenated alkanes) is 1. The van der Waals surface area contributed by atoms with Crippen LogP contribution < -0.4 is 10.1 Å². The second kappa shape index (κ2) is 9.75. The molecule has 114 valence electrons. The van der Waals surface area contributed by atoms with Crippen molar-refractivity contribution in [1.29, 1.82) is 0 Å². The van der Waals surface area contributed by atoms with Gasteiger partial charge >= 0.3 is 5.69 Å². The van der Waals surface area contributed by atoms with E-state index in [1.165, 1.54) is 6.07 Å². The van der Waals surface area contributed by atoms with Crippen LogP contribution in [-0.4, -0.2) is 31.8 Å². The highest BCUT2D eigenvalue weighted by atomic mass is 16.6. The number of nitro benzene ring substituents is 1. The Morgan fingerprint density at radius 1 is 1.43 bits per heavy atom. The van der Waals surface area contributed by atoms with Crippen molar-refractivity contribution in [1.82, 2.24) is 5.32 Å². The average Bonchev–Trinajstić information content (AvgIpc) is 2.48. The van der Waals surface area contributed by atoms with Crippen molar-refractivity contribution >= 4 is 5.69 Å². The predicted molar refractivity (Wildman–Crippen MR) is 80.2 cm³/mol. The van der Waals surface area contributed by atoms with Gasteiger partial charge in [0.15, 0.2) is 5.75 Å². The van der Waals surface area contributed by atoms with Gasteiger partial charge in [-0.2, -0.15) is 0 Å². The third kappa shape index (κ3) is 6.25. The number of benzene rings is 1. The lowest BCUT2D eigenvalue weighted by molar-refractivity contribution is -0.385. The molecular weight excluding hydrogens is 272 g/mol. The van der Waals surface area contributed by atoms with Gasteiger partial charge in [-0.3, -0.25) is 10.1 Å². The molecule has 1 N–H and O–H groups in total. The third-order valence-electron chi connectivity index (χ3n) is 2.76. The fraction of sp³-hybridized carbons (Fsp3) is 0.467. The number of terminal acetylenes is 1. The number of methoxy groups -OCH3 is 1. The van der Waals surface area contributed by atoms with Gasteiger partial charge in [0.25, 0.3) is 0 Å². The van der Waals surface area contributed by atoms with Crippen LogP contribution in [0, 0.1) is 22.5 Å². The van der Waals surface area contributed by atoms with Crippen molar-refractivity contribution in [3.63, 3.8) is 0 Å². The molecule has 0 bridgehead atoms. The summed E-state index contributed by atoms with van der Waals surface area (Å²) in [5.41, 5.74) is 0.889. The van der Waals surface area contributed by atoms with Gasteiger partial charge in [-0.05, 0) is 18.1 Å². The van der Waals surface area contributed by atoms with Crippen LogP contribution in [0.1, 0.15) is 18.4 Å². The first-order valence-electron chi connectivity index (χ1n) is 6.72. The minimum Gasteiger partial charge on any atom is -0.487 e. The summed E-state index contributed by atoms with van der Waals surface area (Å²) in [5.74, 6) is 2.79. The minimum atomic E-state index is -0.446. The van der Waals surface area contributed by atoms with E-state index in [4.69, 9.17) is 15.9 Å². The topological polar surface area (TPSA) is 73.6 Å². The van der Waals surface area contributed by atoms with Gasteiger partial charge in [0.1, 0.15) is 0 Å². The maximum absolute atomic E-state index is 11.0. The summed E-state index contributed by atoms with van der Waals surface area (Å²) < 4.78 is 10.4. The van der Waals surface area contributed by atoms with Crippen molar-refractivity contribution in [2.24, 2.45) is 0 Å². The Bertz CT molecular complexity index is 497. The molecule has 6 heteroatoms. The van der Waals surface area contributed by atoms with E-state index < -0.39 is 4.92 Å². The summed E-state index contributed by atoms with van der Waals surface area (Å²) in [4.78, 5) is 10.5. The van der Waals surface area contributed by atoms with Crippen molar-refractivity contribution in [3.05, 3.63) is 33.9 Å². The van der Waals surface area contributed by atoms with Crippen molar-refractivity contribution in [3.8, 4) is 18.1 Å². The highest BCUT2D eigenvalue weighted by Gasteiger charge is 2.15. The van der Waals surface area contributed by atoms with Crippen LogP contribution in [0.3, 0.4) is 0 Å². The Morgan fingerprint density at radius 2 is 2.24 bits per heavy atom. The Balaban J connectivity index is 2.66. The standard InChI is InChI=1S/C15H20N2O4/c1-3-4-5-9-21-15-11-13(12-16-8-10-20-2)6-7-14(15)17(18)19/h1,6-7,11,16H,4-5,8-10,12H2,2H3. The predicted octanol–water partition coefficient (Wildman–Crippen LogP) is 2.12. The van der Waals surface area contributed by atoms with E-state index in [-0.39, 0.29) is 11.4 Å². The van der Waals surface area contributed by atoms with Crippen LogP contribution in [0.25, 0.3) is 0 Å². The van der Waals surface area contributed by atoms with Gasteiger partial charge in [0.05, 0.1) is 18.1 Å². The molecule has 0 unspecified atom stereocenters. The third-order valence-corrected chi connectivity index (χ3v) is 2.76. The summed E-state index contributed by atoms with van der Waals surface area (Å²) in [6.07, 6.45) is 6.42. The zero-order chi connectivity index (χ0) is 15.5. The average molecular weight is 292 g/mol. The maximum atomic E-state index is 11.0. The molecule has 6 nitrogen and oxygen atoms in total. The fourth-order valence-electron chi connectivity index (χ4n) is 1.70. The molecule has 1 rings (SSSR count). The summed E-state index contributed by atoms with van der Waals surface area (Å²) >= 11 is 0. The normalized spacial score (nSPS) is 10.1. The Kier molecular flexibility index (Phi) is 7.87. The Labute approximate surface area is 124 Å². The molecule has 0 aliphatic carbocycles. The van der Waals surface area contributed by atoms with E-state index >= 15 is 0 Å². The van der Waals surface area contributed by atoms with Gasteiger partial charge < -0.3 is 14.8 Å². The molecule has 0 aliphatic rings. The van der Waals surface area contributed by atoms with Crippen molar-refractivity contribution in [2.75, 3.05) is 26.9 Å². The van der Waals surface area contributed by atoms with Crippen LogP contribution in [0.5, 0.6) is 5.75 Å². The summed E-state index contributed by atoms with van der Waals surface area (Å²) in [6, 6.07) is 4.86. The lowest BCUT2D eigenvalue weighted by atomic mass is 10.2. The summed E-state index contributed by atoms with van der Waals surface area (Å²) in [6.45, 7) is 2.29. The highest BCUT2D eigenvalue weighted by molar-refractivity contribution is 5.48. The zero-order valence-electron chi connectivity index (χ0n) is 12.1. The first-order chi connectivity index (χ1) is 10.2. The van der Waals surface area contributed by atoms with Gasteiger partial charge in [0.2, 0.25) is 0 Å². The molecule has 0 amide bonds. The quantitative estimate of drug-likeness (QED) is 0.309. The molecule has 0 spiro atoms. The molecule has 0 radical (unpaired) electrons. The molecule has 1 aromatic rings. The first kappa shape index (κ1) is 17.0. The molecule has 21 heavy (non-hydrogen) atoms. The molecule has 0 heterocycles. The van der Waals surface area contributed by atoms with Crippen molar-refractivity contribution < 1.29 is 14.4 Å². The van der Waals surface area contributed by atoms with E-state index in [1.54, 1.807) is 19.2 Å². The van der Waals surface area contributed by atoms with Gasteiger partial charge in [-0.25, -0.2) is 0 Å². The second-order valence-electron chi connectivity index (χ2n) is 4.38. The second-order valence-corrected chi connectivity index (χ2v) is 4.38. The first-order valence-corrected chi connectivity index (χ1v) is 6.72. The molecule has 0 saturated heterocycles. The fourth-order valence-corrected chi connectivity index (χ4v) is 1.70. The molecule has 1 aromatic carbocycles. The van der Waals surface area contributed by atoms with Gasteiger partial charge in [-0.15, -0.1) is 12.3 Å². The lowest BCUT2D eigenvalue weighted by Gasteiger charge is -2.09. The number of hydrogen-bond acceptors (Lipinski definition) is 5. The van der Waals surface area contributed by atoms with E-state index in [0.29, 0.717) is 39.1 Å². The Morgan fingerprint density at radius 3 is 2.90 bits per heavy atom. The summed E-state index contributed by atoms with van der Waals surface area (Å²) in [5, 5.41) is 14.2. The van der Waals surface area contributed by atoms with Gasteiger partial charge in [0, 0.05) is 32.7 Å². The molecule has 0 aromatic heterocycles. The highest BCUT2D eigenvalue weighted by Crippen LogP contribution is 2.28. The Hall–Kier alpha value is -2.10. The van der Waals surface area contributed by atoms with E-state index in [1.807, 2.05) is 0 Å². The van der Waals surface area contributed by atoms with Crippen LogP contribution in [0.4, 0.5) is 5.69 Å². The van der Waals surface area contributed by atoms with E-state index in [0.717, 1.165) is 5.56 Å². The van der Waals surface area contributed by atoms with Crippen LogP contribution in [0.15, 0.2) is 18.2 Å². The van der Waals surface area contributed by atoms with Gasteiger partial charge in [-0.1, -0.05) is 6.07 Å². The minimum absolute atomic E-state index is 0.0312. The van der Waals surface area contributed by atoms with E-state index in [2.05, 4.69) is 11.2 Å². The number of rotatable bonds is 10. The molecule has 0 atom stereocenters. The largest absolute Gasteiger partial charge is 0.487 e. The number of nitrogens with one attached hydrogen (secondary N) is 1. The summed E-state index contributed by atoms with van der Waals surface area (Å²) in [7, 11) is 1.63. The molecule has 0 fully saturated rings. The van der Waals surface area contributed by atoms with Crippen LogP contribution in [-0.2, 0) is 11.3 Å². The monoisotopic (exact) mass is 292 g/mol. The van der Waals surface area contributed by atoms with E-state index in [9.17, 15) is 10.1 Å². The number of nitrogens with zero attached hydrogens (tertiary/aromatic N) is 1. The maximum Gasteiger partial charge on any atom is 0.310 e. The van der Waals surface area contributed by atoms with Crippen LogP contribution >= 0.6 is 0 Å². The smallest absolute Gasteiger partial charge is 0.310 e. The zero-order valence-corrected chi connectivity index (χ0v) is 12.1. The number of ether oxygens (including phenoxy) is 2. The van der Waals surface area contributed by atoms with Crippen molar-refractivity contribution in [2.45, 2.75) is 19.4 Å². The molecular formula is C15H20N2O4.